The Balaban J connectivity index is 2.05. The summed E-state index contributed by atoms with van der Waals surface area (Å²) in [6.07, 6.45) is 11.3. The van der Waals surface area contributed by atoms with Crippen molar-refractivity contribution in [3.8, 4) is 22.8 Å². The van der Waals surface area contributed by atoms with Crippen LogP contribution in [0.25, 0.3) is 22.8 Å². The molecule has 0 fully saturated rings. The minimum absolute atomic E-state index is 0.699. The van der Waals surface area contributed by atoms with Gasteiger partial charge in [-0.3, -0.25) is 19.9 Å². The van der Waals surface area contributed by atoms with E-state index in [0.717, 1.165) is 0 Å². The van der Waals surface area contributed by atoms with Crippen molar-refractivity contribution in [1.29, 1.82) is 0 Å². The first kappa shape index (κ1) is 10.4. The summed E-state index contributed by atoms with van der Waals surface area (Å²) >= 11 is 0. The molecule has 0 atom stereocenters. The average molecular weight is 236 g/mol. The maximum Gasteiger partial charge on any atom is 0.116 e. The Bertz CT molecular complexity index is 586. The first-order valence-corrected chi connectivity index (χ1v) is 5.28. The van der Waals surface area contributed by atoms with Gasteiger partial charge in [-0.25, -0.2) is 9.97 Å². The lowest BCUT2D eigenvalue weighted by Gasteiger charge is -2.01. The Hall–Kier alpha value is -2.76. The zero-order chi connectivity index (χ0) is 12.2. The molecule has 3 heterocycles. The van der Waals surface area contributed by atoms with Gasteiger partial charge < -0.3 is 0 Å². The van der Waals surface area contributed by atoms with E-state index in [2.05, 4.69) is 29.9 Å². The molecule has 6 heteroatoms. The average Bonchev–Trinajstić information content (AvgIpc) is 2.49. The summed E-state index contributed by atoms with van der Waals surface area (Å²) in [4.78, 5) is 24.8. The number of nitrogens with zero attached hydrogens (tertiary/aromatic N) is 6. The monoisotopic (exact) mass is 236 g/mol. The highest BCUT2D eigenvalue weighted by Crippen LogP contribution is 2.18. The van der Waals surface area contributed by atoms with E-state index in [0.29, 0.717) is 22.8 Å². The van der Waals surface area contributed by atoms with Crippen molar-refractivity contribution in [3.05, 3.63) is 49.6 Å². The number of hydrogen-bond donors (Lipinski definition) is 0. The maximum absolute atomic E-state index is 4.19. The molecule has 0 spiro atoms. The van der Waals surface area contributed by atoms with Crippen LogP contribution in [-0.4, -0.2) is 29.9 Å². The van der Waals surface area contributed by atoms with Gasteiger partial charge in [-0.05, 0) is 6.07 Å². The van der Waals surface area contributed by atoms with E-state index in [-0.39, 0.29) is 0 Å². The number of hydrogen-bond acceptors (Lipinski definition) is 6. The predicted molar refractivity (Wildman–Crippen MR) is 64.1 cm³/mol. The summed E-state index contributed by atoms with van der Waals surface area (Å²) in [6.45, 7) is 0. The minimum atomic E-state index is 0.699. The zero-order valence-corrected chi connectivity index (χ0v) is 9.30. The SMILES string of the molecule is c1cnc(-c2cc(-c3cnccn3)ncn2)cn1. The second-order valence-corrected chi connectivity index (χ2v) is 3.47. The van der Waals surface area contributed by atoms with E-state index in [4.69, 9.17) is 0 Å². The lowest BCUT2D eigenvalue weighted by Crippen LogP contribution is -1.93. The van der Waals surface area contributed by atoms with Crippen LogP contribution in [-0.2, 0) is 0 Å². The van der Waals surface area contributed by atoms with Crippen molar-refractivity contribution in [3.63, 3.8) is 0 Å². The van der Waals surface area contributed by atoms with E-state index >= 15 is 0 Å². The molecule has 3 rings (SSSR count). The predicted octanol–water partition coefficient (Wildman–Crippen LogP) is 1.39. The van der Waals surface area contributed by atoms with Gasteiger partial charge in [0.2, 0.25) is 0 Å². The summed E-state index contributed by atoms with van der Waals surface area (Å²) in [5.74, 6) is 0. The van der Waals surface area contributed by atoms with Gasteiger partial charge in [0.1, 0.15) is 17.7 Å². The van der Waals surface area contributed by atoms with Gasteiger partial charge in [-0.2, -0.15) is 0 Å². The number of aromatic nitrogens is 6. The van der Waals surface area contributed by atoms with Crippen molar-refractivity contribution < 1.29 is 0 Å². The Morgan fingerprint density at radius 1 is 0.556 bits per heavy atom. The minimum Gasteiger partial charge on any atom is -0.261 e. The molecule has 0 aromatic carbocycles. The highest BCUT2D eigenvalue weighted by molar-refractivity contribution is 5.61. The van der Waals surface area contributed by atoms with Gasteiger partial charge in [0.05, 0.1) is 23.8 Å². The van der Waals surface area contributed by atoms with Crippen molar-refractivity contribution in [1.82, 2.24) is 29.9 Å². The van der Waals surface area contributed by atoms with Gasteiger partial charge in [0.25, 0.3) is 0 Å². The first-order valence-electron chi connectivity index (χ1n) is 5.28. The molecule has 6 nitrogen and oxygen atoms in total. The van der Waals surface area contributed by atoms with Gasteiger partial charge in [-0.1, -0.05) is 0 Å². The van der Waals surface area contributed by atoms with Crippen LogP contribution in [0.4, 0.5) is 0 Å². The van der Waals surface area contributed by atoms with Crippen LogP contribution >= 0.6 is 0 Å². The third-order valence-corrected chi connectivity index (χ3v) is 2.32. The molecule has 0 amide bonds. The Morgan fingerprint density at radius 3 is 1.56 bits per heavy atom. The molecule has 0 radical (unpaired) electrons. The fraction of sp³-hybridized carbons (Fsp3) is 0. The number of rotatable bonds is 2. The smallest absolute Gasteiger partial charge is 0.116 e. The Kier molecular flexibility index (Phi) is 2.67. The molecular weight excluding hydrogens is 228 g/mol. The summed E-state index contributed by atoms with van der Waals surface area (Å²) in [5, 5.41) is 0. The maximum atomic E-state index is 4.19. The molecule has 86 valence electrons. The second kappa shape index (κ2) is 4.62. The summed E-state index contributed by atoms with van der Waals surface area (Å²) in [6, 6.07) is 1.81. The van der Waals surface area contributed by atoms with Crippen LogP contribution < -0.4 is 0 Å². The molecule has 0 N–H and O–H groups in total. The van der Waals surface area contributed by atoms with Crippen LogP contribution in [0.3, 0.4) is 0 Å². The molecule has 18 heavy (non-hydrogen) atoms. The fourth-order valence-corrected chi connectivity index (χ4v) is 1.50. The van der Waals surface area contributed by atoms with Gasteiger partial charge >= 0.3 is 0 Å². The lowest BCUT2D eigenvalue weighted by atomic mass is 10.2. The first-order chi connectivity index (χ1) is 8.93. The van der Waals surface area contributed by atoms with Crippen LogP contribution in [0.5, 0.6) is 0 Å². The highest BCUT2D eigenvalue weighted by Gasteiger charge is 2.05. The Morgan fingerprint density at radius 2 is 1.11 bits per heavy atom. The summed E-state index contributed by atoms with van der Waals surface area (Å²) in [5.41, 5.74) is 2.81. The van der Waals surface area contributed by atoms with Crippen LogP contribution in [0.15, 0.2) is 49.6 Å². The van der Waals surface area contributed by atoms with E-state index in [9.17, 15) is 0 Å². The van der Waals surface area contributed by atoms with E-state index in [1.807, 2.05) is 6.07 Å². The molecule has 0 saturated carbocycles. The zero-order valence-electron chi connectivity index (χ0n) is 9.30. The molecular formula is C12H8N6. The van der Waals surface area contributed by atoms with Crippen molar-refractivity contribution in [2.45, 2.75) is 0 Å². The Labute approximate surface area is 103 Å². The van der Waals surface area contributed by atoms with E-state index in [1.165, 1.54) is 6.33 Å². The largest absolute Gasteiger partial charge is 0.261 e. The van der Waals surface area contributed by atoms with Crippen molar-refractivity contribution >= 4 is 0 Å². The molecule has 3 aromatic rings. The van der Waals surface area contributed by atoms with Crippen molar-refractivity contribution in [2.75, 3.05) is 0 Å². The quantitative estimate of drug-likeness (QED) is 0.669. The molecule has 0 bridgehead atoms. The molecule has 0 saturated heterocycles. The van der Waals surface area contributed by atoms with Crippen LogP contribution in [0.1, 0.15) is 0 Å². The highest BCUT2D eigenvalue weighted by atomic mass is 14.9. The lowest BCUT2D eigenvalue weighted by molar-refractivity contribution is 1.11. The molecule has 3 aromatic heterocycles. The third-order valence-electron chi connectivity index (χ3n) is 2.32. The third kappa shape index (κ3) is 2.03. The molecule has 0 aliphatic rings. The van der Waals surface area contributed by atoms with Crippen LogP contribution in [0, 0.1) is 0 Å². The van der Waals surface area contributed by atoms with Gasteiger partial charge in [-0.15, -0.1) is 0 Å². The van der Waals surface area contributed by atoms with E-state index in [1.54, 1.807) is 37.2 Å². The molecule has 0 unspecified atom stereocenters. The second-order valence-electron chi connectivity index (χ2n) is 3.47. The normalized spacial score (nSPS) is 10.2. The van der Waals surface area contributed by atoms with Crippen molar-refractivity contribution in [2.24, 2.45) is 0 Å². The molecule has 0 aliphatic heterocycles. The van der Waals surface area contributed by atoms with E-state index < -0.39 is 0 Å². The van der Waals surface area contributed by atoms with Gasteiger partial charge in [0, 0.05) is 24.8 Å². The summed E-state index contributed by atoms with van der Waals surface area (Å²) in [7, 11) is 0. The van der Waals surface area contributed by atoms with Crippen LogP contribution in [0.2, 0.25) is 0 Å². The van der Waals surface area contributed by atoms with Gasteiger partial charge in [0.15, 0.2) is 0 Å². The standard InChI is InChI=1S/C12H8N6/c1-3-15-11(6-13-1)9-5-10(18-8-17-9)12-7-14-2-4-16-12/h1-8H. The topological polar surface area (TPSA) is 77.3 Å². The summed E-state index contributed by atoms with van der Waals surface area (Å²) < 4.78 is 0. The molecule has 0 aliphatic carbocycles. The fourth-order valence-electron chi connectivity index (χ4n) is 1.50.